The first-order valence-electron chi connectivity index (χ1n) is 11.3. The van der Waals surface area contributed by atoms with Gasteiger partial charge in [-0.3, -0.25) is 9.59 Å². The van der Waals surface area contributed by atoms with Gasteiger partial charge in [0.25, 0.3) is 0 Å². The minimum absolute atomic E-state index is 0.0175. The molecule has 0 radical (unpaired) electrons. The monoisotopic (exact) mass is 439 g/mol. The first kappa shape index (κ1) is 20.1. The lowest BCUT2D eigenvalue weighted by Crippen LogP contribution is -2.18. The van der Waals surface area contributed by atoms with Gasteiger partial charge in [0.05, 0.1) is 17.0 Å². The highest BCUT2D eigenvalue weighted by Gasteiger charge is 2.37. The topological polar surface area (TPSA) is 37.4 Å². The van der Waals surface area contributed by atoms with Crippen LogP contribution in [0.1, 0.15) is 34.0 Å². The zero-order chi connectivity index (χ0) is 23.2. The van der Waals surface area contributed by atoms with Crippen LogP contribution in [0.3, 0.4) is 0 Å². The molecule has 0 amide bonds. The third-order valence-corrected chi connectivity index (χ3v) is 6.52. The minimum Gasteiger partial charge on any atom is -0.312 e. The molecular formula is C31H21NO2. The predicted octanol–water partition coefficient (Wildman–Crippen LogP) is 6.45. The van der Waals surface area contributed by atoms with Gasteiger partial charge >= 0.3 is 0 Å². The number of hydrogen-bond acceptors (Lipinski definition) is 3. The van der Waals surface area contributed by atoms with Crippen molar-refractivity contribution in [1.29, 1.82) is 0 Å². The van der Waals surface area contributed by atoms with Gasteiger partial charge in [-0.1, -0.05) is 84.9 Å². The van der Waals surface area contributed by atoms with E-state index in [0.29, 0.717) is 22.4 Å². The molecule has 6 rings (SSSR count). The van der Waals surface area contributed by atoms with E-state index in [2.05, 4.69) is 0 Å². The molecule has 2 aliphatic heterocycles. The van der Waals surface area contributed by atoms with Gasteiger partial charge in [-0.25, -0.2) is 0 Å². The van der Waals surface area contributed by atoms with Gasteiger partial charge in [0.1, 0.15) is 0 Å². The van der Waals surface area contributed by atoms with E-state index in [1.807, 2.05) is 121 Å². The summed E-state index contributed by atoms with van der Waals surface area (Å²) in [5.41, 5.74) is 7.99. The predicted molar refractivity (Wildman–Crippen MR) is 135 cm³/mol. The zero-order valence-corrected chi connectivity index (χ0v) is 18.7. The van der Waals surface area contributed by atoms with Gasteiger partial charge in [0, 0.05) is 17.3 Å². The number of hydrogen-bond donors (Lipinski definition) is 0. The van der Waals surface area contributed by atoms with Crippen LogP contribution in [-0.2, 0) is 4.79 Å². The Bertz CT molecular complexity index is 1520. The highest BCUT2D eigenvalue weighted by atomic mass is 16.1. The summed E-state index contributed by atoms with van der Waals surface area (Å²) >= 11 is 0. The lowest BCUT2D eigenvalue weighted by molar-refractivity contribution is -0.110. The molecule has 3 aliphatic rings. The van der Waals surface area contributed by atoms with Crippen molar-refractivity contribution in [2.75, 3.05) is 0 Å². The Kier molecular flexibility index (Phi) is 4.63. The number of carbonyl (C=O) groups is 2. The molecule has 0 N–H and O–H groups in total. The molecule has 0 bridgehead atoms. The maximum Gasteiger partial charge on any atom is 0.212 e. The number of allylic oxidation sites excluding steroid dienone is 7. The Morgan fingerprint density at radius 2 is 1.26 bits per heavy atom. The summed E-state index contributed by atoms with van der Waals surface area (Å²) in [5.74, 6) is -0.0621. The second-order valence-corrected chi connectivity index (χ2v) is 8.57. The second kappa shape index (κ2) is 7.82. The summed E-state index contributed by atoms with van der Waals surface area (Å²) in [6.45, 7) is 2.01. The molecule has 0 saturated carbocycles. The molecule has 3 heteroatoms. The maximum absolute atomic E-state index is 13.8. The van der Waals surface area contributed by atoms with Crippen molar-refractivity contribution in [1.82, 2.24) is 4.90 Å². The molecule has 3 nitrogen and oxygen atoms in total. The molecule has 2 heterocycles. The number of fused-ring (bicyclic) bond motifs is 2. The van der Waals surface area contributed by atoms with E-state index >= 15 is 0 Å². The molecule has 3 aromatic carbocycles. The fraction of sp³-hybridized carbons (Fsp3) is 0.0323. The van der Waals surface area contributed by atoms with Gasteiger partial charge < -0.3 is 4.90 Å². The molecule has 0 aromatic heterocycles. The summed E-state index contributed by atoms with van der Waals surface area (Å²) in [4.78, 5) is 29.1. The Hall–Kier alpha value is -4.50. The van der Waals surface area contributed by atoms with E-state index in [9.17, 15) is 9.59 Å². The minimum atomic E-state index is -0.0446. The van der Waals surface area contributed by atoms with E-state index < -0.39 is 0 Å². The molecular weight excluding hydrogens is 418 g/mol. The molecule has 0 atom stereocenters. The highest BCUT2D eigenvalue weighted by Crippen LogP contribution is 2.43. The van der Waals surface area contributed by atoms with Gasteiger partial charge in [0.2, 0.25) is 5.78 Å². The third kappa shape index (κ3) is 3.06. The lowest BCUT2D eigenvalue weighted by atomic mass is 9.85. The molecule has 34 heavy (non-hydrogen) atoms. The molecule has 0 fully saturated rings. The van der Waals surface area contributed by atoms with Crippen molar-refractivity contribution in [2.45, 2.75) is 6.92 Å². The smallest absolute Gasteiger partial charge is 0.212 e. The number of Topliss-reactive ketones (excluding diaryl/α,β-unsaturated/α-hetero) is 2. The SMILES string of the molecule is CC1=C/C(=C2/C=CN3C(=C2)C(=O)C(c2ccccc2)=C3c2ccccc2)C(=O)c2ccccc21. The van der Waals surface area contributed by atoms with Crippen LogP contribution in [0.25, 0.3) is 16.8 Å². The molecule has 0 saturated heterocycles. The standard InChI is InChI=1S/C31H21NO2/c1-20-18-26(30(33)25-15-9-8-14-24(20)25)23-16-17-32-27(19-23)31(34)28(21-10-4-2-5-11-21)29(32)22-12-6-3-7-13-22/h2-19H,1H3/b26-23+. The summed E-state index contributed by atoms with van der Waals surface area (Å²) in [7, 11) is 0. The zero-order valence-electron chi connectivity index (χ0n) is 18.7. The van der Waals surface area contributed by atoms with Crippen LogP contribution >= 0.6 is 0 Å². The largest absolute Gasteiger partial charge is 0.312 e. The van der Waals surface area contributed by atoms with Crippen LogP contribution in [-0.4, -0.2) is 16.5 Å². The second-order valence-electron chi connectivity index (χ2n) is 8.57. The molecule has 0 unspecified atom stereocenters. The van der Waals surface area contributed by atoms with Crippen molar-refractivity contribution in [2.24, 2.45) is 0 Å². The normalized spacial score (nSPS) is 19.1. The van der Waals surface area contributed by atoms with E-state index in [4.69, 9.17) is 0 Å². The van der Waals surface area contributed by atoms with Crippen molar-refractivity contribution in [3.05, 3.63) is 148 Å². The Morgan fingerprint density at radius 1 is 0.647 bits per heavy atom. The van der Waals surface area contributed by atoms with Crippen molar-refractivity contribution in [3.8, 4) is 0 Å². The summed E-state index contributed by atoms with van der Waals surface area (Å²) in [6.07, 6.45) is 7.62. The van der Waals surface area contributed by atoms with Crippen LogP contribution in [0.15, 0.2) is 126 Å². The Morgan fingerprint density at radius 3 is 1.97 bits per heavy atom. The Balaban J connectivity index is 1.51. The van der Waals surface area contributed by atoms with Crippen LogP contribution in [0.2, 0.25) is 0 Å². The van der Waals surface area contributed by atoms with Gasteiger partial charge in [0.15, 0.2) is 5.78 Å². The van der Waals surface area contributed by atoms with Crippen LogP contribution in [0.5, 0.6) is 0 Å². The Labute approximate surface area is 198 Å². The number of benzene rings is 3. The summed E-state index contributed by atoms with van der Waals surface area (Å²) in [5, 5.41) is 0. The van der Waals surface area contributed by atoms with Crippen molar-refractivity contribution in [3.63, 3.8) is 0 Å². The first-order chi connectivity index (χ1) is 16.6. The molecule has 3 aromatic rings. The summed E-state index contributed by atoms with van der Waals surface area (Å²) < 4.78 is 0. The number of carbonyl (C=O) groups excluding carboxylic acids is 2. The van der Waals surface area contributed by atoms with Crippen LogP contribution in [0, 0.1) is 0 Å². The van der Waals surface area contributed by atoms with E-state index in [0.717, 1.165) is 33.5 Å². The number of ketones is 2. The van der Waals surface area contributed by atoms with E-state index in [1.54, 1.807) is 0 Å². The van der Waals surface area contributed by atoms with E-state index in [1.165, 1.54) is 0 Å². The highest BCUT2D eigenvalue weighted by molar-refractivity contribution is 6.38. The van der Waals surface area contributed by atoms with Crippen LogP contribution in [0.4, 0.5) is 0 Å². The van der Waals surface area contributed by atoms with Crippen molar-refractivity contribution >= 4 is 28.4 Å². The fourth-order valence-electron chi connectivity index (χ4n) is 4.89. The number of nitrogens with zero attached hydrogens (tertiary/aromatic N) is 1. The first-order valence-corrected chi connectivity index (χ1v) is 11.3. The van der Waals surface area contributed by atoms with Crippen LogP contribution < -0.4 is 0 Å². The quantitative estimate of drug-likeness (QED) is 0.431. The lowest BCUT2D eigenvalue weighted by Gasteiger charge is -2.24. The summed E-state index contributed by atoms with van der Waals surface area (Å²) in [6, 6.07) is 27.4. The third-order valence-electron chi connectivity index (χ3n) is 6.52. The average molecular weight is 440 g/mol. The molecule has 162 valence electrons. The molecule has 1 aliphatic carbocycles. The number of rotatable bonds is 2. The maximum atomic E-state index is 13.8. The molecule has 0 spiro atoms. The fourth-order valence-corrected chi connectivity index (χ4v) is 4.89. The average Bonchev–Trinajstić information content (AvgIpc) is 3.19. The van der Waals surface area contributed by atoms with Gasteiger partial charge in [-0.05, 0) is 53.0 Å². The van der Waals surface area contributed by atoms with Crippen molar-refractivity contribution < 1.29 is 9.59 Å². The van der Waals surface area contributed by atoms with E-state index in [-0.39, 0.29) is 11.6 Å². The van der Waals surface area contributed by atoms with Gasteiger partial charge in [-0.2, -0.15) is 0 Å². The van der Waals surface area contributed by atoms with Gasteiger partial charge in [-0.15, -0.1) is 0 Å².